The van der Waals surface area contributed by atoms with Crippen molar-refractivity contribution in [3.05, 3.63) is 45.8 Å². The van der Waals surface area contributed by atoms with Crippen LogP contribution in [0.5, 0.6) is 5.75 Å². The molecule has 0 saturated carbocycles. The van der Waals surface area contributed by atoms with Crippen LogP contribution in [-0.2, 0) is 27.2 Å². The molecule has 0 aliphatic heterocycles. The Bertz CT molecular complexity index is 975. The molecule has 1 aromatic heterocycles. The van der Waals surface area contributed by atoms with Crippen LogP contribution in [0, 0.1) is 11.3 Å². The Kier molecular flexibility index (Phi) is 6.46. The van der Waals surface area contributed by atoms with Gasteiger partial charge < -0.3 is 20.1 Å². The number of thiophene rings is 1. The molecule has 0 unspecified atom stereocenters. The fourth-order valence-corrected chi connectivity index (χ4v) is 4.22. The van der Waals surface area contributed by atoms with Gasteiger partial charge in [-0.3, -0.25) is 14.4 Å². The Morgan fingerprint density at radius 2 is 1.97 bits per heavy atom. The van der Waals surface area contributed by atoms with Crippen LogP contribution in [0.15, 0.2) is 24.3 Å². The summed E-state index contributed by atoms with van der Waals surface area (Å²) in [6.07, 6.45) is 2.77. The number of benzene rings is 1. The molecule has 3 rings (SSSR count). The van der Waals surface area contributed by atoms with Crippen LogP contribution in [0.1, 0.15) is 32.8 Å². The second kappa shape index (κ2) is 9.21. The van der Waals surface area contributed by atoms with Gasteiger partial charge in [0, 0.05) is 10.4 Å². The molecule has 0 bridgehead atoms. The first-order valence-corrected chi connectivity index (χ1v) is 9.76. The molecule has 0 radical (unpaired) electrons. The van der Waals surface area contributed by atoms with E-state index in [0.29, 0.717) is 21.9 Å². The standard InChI is InChI=1S/C20H19N3O5S/c1-27-13-7-5-12(6-8-13)19(26)22-10-18(25)28-11-17(24)23-20-15(9-21)14-3-2-4-16(14)29-20/h5-8H,2-4,10-11H2,1H3,(H,22,26)(H,23,24). The number of hydrogen-bond acceptors (Lipinski definition) is 7. The number of carbonyl (C=O) groups excluding carboxylic acids is 3. The number of methoxy groups -OCH3 is 1. The van der Waals surface area contributed by atoms with Crippen LogP contribution < -0.4 is 15.4 Å². The molecule has 2 amide bonds. The summed E-state index contributed by atoms with van der Waals surface area (Å²) in [5.41, 5.74) is 1.87. The molecule has 150 valence electrons. The van der Waals surface area contributed by atoms with Crippen molar-refractivity contribution in [3.8, 4) is 11.8 Å². The summed E-state index contributed by atoms with van der Waals surface area (Å²) in [7, 11) is 1.52. The van der Waals surface area contributed by atoms with Crippen molar-refractivity contribution in [2.75, 3.05) is 25.6 Å². The highest BCUT2D eigenvalue weighted by Gasteiger charge is 2.23. The van der Waals surface area contributed by atoms with Crippen molar-refractivity contribution in [1.82, 2.24) is 5.32 Å². The Morgan fingerprint density at radius 3 is 2.66 bits per heavy atom. The van der Waals surface area contributed by atoms with E-state index in [1.807, 2.05) is 0 Å². The van der Waals surface area contributed by atoms with Gasteiger partial charge in [0.05, 0.1) is 12.7 Å². The summed E-state index contributed by atoms with van der Waals surface area (Å²) in [4.78, 5) is 36.9. The number of amides is 2. The average molecular weight is 413 g/mol. The molecular formula is C20H19N3O5S. The largest absolute Gasteiger partial charge is 0.497 e. The first-order valence-electron chi connectivity index (χ1n) is 8.94. The summed E-state index contributed by atoms with van der Waals surface area (Å²) in [5, 5.41) is 14.9. The smallest absolute Gasteiger partial charge is 0.325 e. The predicted octanol–water partition coefficient (Wildman–Crippen LogP) is 2.03. The van der Waals surface area contributed by atoms with E-state index >= 15 is 0 Å². The van der Waals surface area contributed by atoms with Gasteiger partial charge in [0.1, 0.15) is 23.4 Å². The maximum Gasteiger partial charge on any atom is 0.325 e. The third kappa shape index (κ3) is 4.92. The van der Waals surface area contributed by atoms with Gasteiger partial charge in [0.25, 0.3) is 11.8 Å². The highest BCUT2D eigenvalue weighted by atomic mass is 32.1. The van der Waals surface area contributed by atoms with E-state index in [1.165, 1.54) is 18.4 Å². The molecule has 0 spiro atoms. The molecule has 0 fully saturated rings. The number of nitriles is 1. The van der Waals surface area contributed by atoms with Gasteiger partial charge in [-0.1, -0.05) is 0 Å². The molecule has 0 saturated heterocycles. The van der Waals surface area contributed by atoms with Crippen LogP contribution >= 0.6 is 11.3 Å². The van der Waals surface area contributed by atoms with Gasteiger partial charge in [0.2, 0.25) is 0 Å². The zero-order valence-electron chi connectivity index (χ0n) is 15.7. The highest BCUT2D eigenvalue weighted by Crippen LogP contribution is 2.38. The molecule has 1 aromatic carbocycles. The van der Waals surface area contributed by atoms with Crippen molar-refractivity contribution in [3.63, 3.8) is 0 Å². The van der Waals surface area contributed by atoms with E-state index in [4.69, 9.17) is 9.47 Å². The number of rotatable bonds is 7. The zero-order valence-corrected chi connectivity index (χ0v) is 16.6. The molecule has 0 atom stereocenters. The number of ether oxygens (including phenoxy) is 2. The van der Waals surface area contributed by atoms with Crippen molar-refractivity contribution >= 4 is 34.1 Å². The highest BCUT2D eigenvalue weighted by molar-refractivity contribution is 7.16. The maximum atomic E-state index is 12.0. The molecule has 1 aliphatic rings. The molecule has 2 aromatic rings. The second-order valence-electron chi connectivity index (χ2n) is 6.29. The summed E-state index contributed by atoms with van der Waals surface area (Å²) < 4.78 is 9.90. The van der Waals surface area contributed by atoms with E-state index < -0.39 is 24.4 Å². The number of hydrogen-bond donors (Lipinski definition) is 2. The topological polar surface area (TPSA) is 118 Å². The Labute approximate surface area is 171 Å². The van der Waals surface area contributed by atoms with Crippen molar-refractivity contribution < 1.29 is 23.9 Å². The van der Waals surface area contributed by atoms with Gasteiger partial charge in [-0.15, -0.1) is 11.3 Å². The molecular weight excluding hydrogens is 394 g/mol. The quantitative estimate of drug-likeness (QED) is 0.671. The minimum Gasteiger partial charge on any atom is -0.497 e. The third-order valence-corrected chi connectivity index (χ3v) is 5.60. The number of nitrogens with zero attached hydrogens (tertiary/aromatic N) is 1. The Morgan fingerprint density at radius 1 is 1.21 bits per heavy atom. The zero-order chi connectivity index (χ0) is 20.8. The fraction of sp³-hybridized carbons (Fsp3) is 0.300. The van der Waals surface area contributed by atoms with E-state index in [2.05, 4.69) is 16.7 Å². The first-order chi connectivity index (χ1) is 14.0. The minimum absolute atomic E-state index is 0.366. The lowest BCUT2D eigenvalue weighted by Crippen LogP contribution is -2.32. The first kappa shape index (κ1) is 20.4. The predicted molar refractivity (Wildman–Crippen MR) is 106 cm³/mol. The lowest BCUT2D eigenvalue weighted by molar-refractivity contribution is -0.146. The molecule has 9 heteroatoms. The molecule has 1 aliphatic carbocycles. The lowest BCUT2D eigenvalue weighted by Gasteiger charge is -2.07. The third-order valence-electron chi connectivity index (χ3n) is 4.40. The van der Waals surface area contributed by atoms with Crippen molar-refractivity contribution in [2.24, 2.45) is 0 Å². The second-order valence-corrected chi connectivity index (χ2v) is 7.40. The van der Waals surface area contributed by atoms with Crippen LogP contribution in [0.25, 0.3) is 0 Å². The van der Waals surface area contributed by atoms with Crippen molar-refractivity contribution in [1.29, 1.82) is 5.26 Å². The number of anilines is 1. The van der Waals surface area contributed by atoms with Gasteiger partial charge in [-0.05, 0) is 49.1 Å². The van der Waals surface area contributed by atoms with Crippen molar-refractivity contribution in [2.45, 2.75) is 19.3 Å². The average Bonchev–Trinajstić information content (AvgIpc) is 3.31. The van der Waals surface area contributed by atoms with E-state index in [9.17, 15) is 19.6 Å². The Balaban J connectivity index is 1.44. The summed E-state index contributed by atoms with van der Waals surface area (Å²) in [6, 6.07) is 8.53. The monoisotopic (exact) mass is 413 g/mol. The summed E-state index contributed by atoms with van der Waals surface area (Å²) >= 11 is 1.39. The minimum atomic E-state index is -0.740. The van der Waals surface area contributed by atoms with E-state index in [1.54, 1.807) is 24.3 Å². The van der Waals surface area contributed by atoms with Crippen LogP contribution in [0.2, 0.25) is 0 Å². The molecule has 8 nitrogen and oxygen atoms in total. The summed E-state index contributed by atoms with van der Waals surface area (Å²) in [6.45, 7) is -0.862. The molecule has 1 heterocycles. The van der Waals surface area contributed by atoms with Crippen LogP contribution in [-0.4, -0.2) is 38.0 Å². The molecule has 29 heavy (non-hydrogen) atoms. The van der Waals surface area contributed by atoms with E-state index in [0.717, 1.165) is 29.7 Å². The lowest BCUT2D eigenvalue weighted by atomic mass is 10.1. The van der Waals surface area contributed by atoms with Gasteiger partial charge in [0.15, 0.2) is 6.61 Å². The summed E-state index contributed by atoms with van der Waals surface area (Å²) in [5.74, 6) is -1.10. The van der Waals surface area contributed by atoms with Gasteiger partial charge >= 0.3 is 5.97 Å². The maximum absolute atomic E-state index is 12.0. The SMILES string of the molecule is COc1ccc(C(=O)NCC(=O)OCC(=O)Nc2sc3c(c2C#N)CCC3)cc1. The normalized spacial score (nSPS) is 11.9. The molecule has 2 N–H and O–H groups in total. The van der Waals surface area contributed by atoms with Gasteiger partial charge in [-0.25, -0.2) is 0 Å². The number of nitrogens with one attached hydrogen (secondary N) is 2. The number of esters is 1. The van der Waals surface area contributed by atoms with Crippen LogP contribution in [0.4, 0.5) is 5.00 Å². The number of carbonyl (C=O) groups is 3. The number of fused-ring (bicyclic) bond motifs is 1. The van der Waals surface area contributed by atoms with Gasteiger partial charge in [-0.2, -0.15) is 5.26 Å². The fourth-order valence-electron chi connectivity index (χ4n) is 2.97. The van der Waals surface area contributed by atoms with E-state index in [-0.39, 0.29) is 6.54 Å². The van der Waals surface area contributed by atoms with Crippen LogP contribution in [0.3, 0.4) is 0 Å². The Hall–Kier alpha value is -3.38. The number of aryl methyl sites for hydroxylation is 1.